The lowest BCUT2D eigenvalue weighted by atomic mass is 10.1. The molecular weight excluding hydrogens is 272 g/mol. The predicted molar refractivity (Wildman–Crippen MR) is 75.7 cm³/mol. The third-order valence-corrected chi connectivity index (χ3v) is 3.71. The lowest BCUT2D eigenvalue weighted by Gasteiger charge is -2.40. The summed E-state index contributed by atoms with van der Waals surface area (Å²) >= 11 is 0. The van der Waals surface area contributed by atoms with Gasteiger partial charge < -0.3 is 4.74 Å². The largest absolute Gasteiger partial charge is 0.468 e. The van der Waals surface area contributed by atoms with Gasteiger partial charge in [0.05, 0.1) is 12.7 Å². The summed E-state index contributed by atoms with van der Waals surface area (Å²) in [6.45, 7) is 0.510. The van der Waals surface area contributed by atoms with Gasteiger partial charge in [0.1, 0.15) is 6.04 Å². The standard InChI is InChI=1S/C15H18N2O4/c1-16-13(15(20)21-2)8-5-9-17(16)14(19)12-7-4-3-6-11(12)10-18/h3-4,6-7,10,13H,5,8-9H2,1-2H3. The molecule has 0 spiro atoms. The monoisotopic (exact) mass is 290 g/mol. The summed E-state index contributed by atoms with van der Waals surface area (Å²) in [5.41, 5.74) is 0.681. The van der Waals surface area contributed by atoms with Crippen LogP contribution in [-0.2, 0) is 9.53 Å². The van der Waals surface area contributed by atoms with Crippen molar-refractivity contribution in [3.05, 3.63) is 35.4 Å². The number of hydrazine groups is 1. The third-order valence-electron chi connectivity index (χ3n) is 3.71. The van der Waals surface area contributed by atoms with Gasteiger partial charge in [-0.3, -0.25) is 19.4 Å². The van der Waals surface area contributed by atoms with E-state index < -0.39 is 6.04 Å². The van der Waals surface area contributed by atoms with E-state index in [0.717, 1.165) is 0 Å². The van der Waals surface area contributed by atoms with Gasteiger partial charge in [0.2, 0.25) is 0 Å². The number of carbonyl (C=O) groups excluding carboxylic acids is 3. The van der Waals surface area contributed by atoms with Crippen LogP contribution in [0.15, 0.2) is 24.3 Å². The van der Waals surface area contributed by atoms with Gasteiger partial charge >= 0.3 is 5.97 Å². The summed E-state index contributed by atoms with van der Waals surface area (Å²) in [5, 5.41) is 3.09. The van der Waals surface area contributed by atoms with Crippen molar-refractivity contribution >= 4 is 18.2 Å². The molecule has 1 saturated heterocycles. The Bertz CT molecular complexity index is 558. The van der Waals surface area contributed by atoms with E-state index in [1.54, 1.807) is 36.3 Å². The molecule has 6 nitrogen and oxygen atoms in total. The number of hydrogen-bond acceptors (Lipinski definition) is 5. The molecule has 0 saturated carbocycles. The molecule has 21 heavy (non-hydrogen) atoms. The molecule has 0 N–H and O–H groups in total. The maximum Gasteiger partial charge on any atom is 0.324 e. The average molecular weight is 290 g/mol. The van der Waals surface area contributed by atoms with Crippen LogP contribution in [0.4, 0.5) is 0 Å². The van der Waals surface area contributed by atoms with Gasteiger partial charge in [-0.15, -0.1) is 0 Å². The van der Waals surface area contributed by atoms with Crippen molar-refractivity contribution < 1.29 is 19.1 Å². The molecule has 1 heterocycles. The number of aldehydes is 1. The normalized spacial score (nSPS) is 19.1. The number of rotatable bonds is 3. The van der Waals surface area contributed by atoms with Gasteiger partial charge in [-0.1, -0.05) is 18.2 Å². The number of methoxy groups -OCH3 is 1. The summed E-state index contributed by atoms with van der Waals surface area (Å²) in [6.07, 6.45) is 2.01. The van der Waals surface area contributed by atoms with Gasteiger partial charge in [0, 0.05) is 19.2 Å². The predicted octanol–water partition coefficient (Wildman–Crippen LogP) is 1.12. The summed E-state index contributed by atoms with van der Waals surface area (Å²) in [5.74, 6) is -0.646. The zero-order valence-electron chi connectivity index (χ0n) is 12.1. The second-order valence-electron chi connectivity index (χ2n) is 4.89. The number of ether oxygens (including phenoxy) is 1. The first-order valence-electron chi connectivity index (χ1n) is 6.76. The molecule has 1 aliphatic heterocycles. The molecule has 112 valence electrons. The van der Waals surface area contributed by atoms with Crippen LogP contribution < -0.4 is 0 Å². The van der Waals surface area contributed by atoms with Gasteiger partial charge in [-0.2, -0.15) is 0 Å². The van der Waals surface area contributed by atoms with Crippen LogP contribution in [-0.4, -0.2) is 54.9 Å². The molecule has 0 bridgehead atoms. The Morgan fingerprint density at radius 3 is 2.71 bits per heavy atom. The molecule has 6 heteroatoms. The first-order valence-corrected chi connectivity index (χ1v) is 6.76. The van der Waals surface area contributed by atoms with Crippen molar-refractivity contribution in [1.82, 2.24) is 10.0 Å². The number of esters is 1. The van der Waals surface area contributed by atoms with E-state index in [0.29, 0.717) is 36.8 Å². The van der Waals surface area contributed by atoms with Crippen LogP contribution in [0.1, 0.15) is 33.6 Å². The molecule has 1 aromatic carbocycles. The lowest BCUT2D eigenvalue weighted by molar-refractivity contribution is -0.155. The van der Waals surface area contributed by atoms with E-state index in [-0.39, 0.29) is 11.9 Å². The van der Waals surface area contributed by atoms with E-state index in [9.17, 15) is 14.4 Å². The highest BCUT2D eigenvalue weighted by Crippen LogP contribution is 2.20. The van der Waals surface area contributed by atoms with E-state index in [1.807, 2.05) is 0 Å². The maximum absolute atomic E-state index is 12.6. The van der Waals surface area contributed by atoms with Crippen molar-refractivity contribution in [3.8, 4) is 0 Å². The minimum atomic E-state index is -0.476. The summed E-state index contributed by atoms with van der Waals surface area (Å²) in [7, 11) is 3.01. The molecule has 2 rings (SSSR count). The van der Waals surface area contributed by atoms with Crippen LogP contribution in [0.2, 0.25) is 0 Å². The van der Waals surface area contributed by atoms with Gasteiger partial charge in [0.15, 0.2) is 6.29 Å². The smallest absolute Gasteiger partial charge is 0.324 e. The zero-order valence-corrected chi connectivity index (χ0v) is 12.1. The Kier molecular flexibility index (Phi) is 4.70. The third kappa shape index (κ3) is 2.95. The van der Waals surface area contributed by atoms with Crippen molar-refractivity contribution in [3.63, 3.8) is 0 Å². The zero-order chi connectivity index (χ0) is 15.4. The fourth-order valence-corrected chi connectivity index (χ4v) is 2.53. The van der Waals surface area contributed by atoms with Crippen LogP contribution in [0.25, 0.3) is 0 Å². The topological polar surface area (TPSA) is 66.9 Å². The molecule has 1 aliphatic rings. The van der Waals surface area contributed by atoms with E-state index in [1.165, 1.54) is 12.1 Å². The van der Waals surface area contributed by atoms with Crippen LogP contribution in [0.3, 0.4) is 0 Å². The lowest BCUT2D eigenvalue weighted by Crippen LogP contribution is -2.56. The Hall–Kier alpha value is -2.21. The highest BCUT2D eigenvalue weighted by atomic mass is 16.5. The fourth-order valence-electron chi connectivity index (χ4n) is 2.53. The summed E-state index contributed by atoms with van der Waals surface area (Å²) in [4.78, 5) is 35.4. The number of nitrogens with zero attached hydrogens (tertiary/aromatic N) is 2. The van der Waals surface area contributed by atoms with Gasteiger partial charge in [-0.05, 0) is 18.9 Å². The Labute approximate surface area is 123 Å². The van der Waals surface area contributed by atoms with Crippen molar-refractivity contribution in [1.29, 1.82) is 0 Å². The van der Waals surface area contributed by atoms with Crippen LogP contribution in [0.5, 0.6) is 0 Å². The molecule has 0 aromatic heterocycles. The second-order valence-corrected chi connectivity index (χ2v) is 4.89. The maximum atomic E-state index is 12.6. The molecule has 1 aromatic rings. The van der Waals surface area contributed by atoms with Crippen molar-refractivity contribution in [2.75, 3.05) is 20.7 Å². The average Bonchev–Trinajstić information content (AvgIpc) is 2.53. The van der Waals surface area contributed by atoms with Crippen LogP contribution >= 0.6 is 0 Å². The second kappa shape index (κ2) is 6.49. The van der Waals surface area contributed by atoms with E-state index >= 15 is 0 Å². The summed E-state index contributed by atoms with van der Waals surface area (Å²) in [6, 6.07) is 6.15. The molecule has 0 radical (unpaired) electrons. The van der Waals surface area contributed by atoms with E-state index in [2.05, 4.69) is 0 Å². The molecule has 1 fully saturated rings. The number of amides is 1. The number of hydrogen-bond donors (Lipinski definition) is 0. The van der Waals surface area contributed by atoms with Crippen molar-refractivity contribution in [2.45, 2.75) is 18.9 Å². The first-order chi connectivity index (χ1) is 10.1. The molecule has 1 atom stereocenters. The Morgan fingerprint density at radius 1 is 1.33 bits per heavy atom. The molecular formula is C15H18N2O4. The number of benzene rings is 1. The van der Waals surface area contributed by atoms with Crippen LogP contribution in [0, 0.1) is 0 Å². The molecule has 1 unspecified atom stereocenters. The highest BCUT2D eigenvalue weighted by molar-refractivity contribution is 6.01. The minimum Gasteiger partial charge on any atom is -0.468 e. The number of likely N-dealkylation sites (N-methyl/N-ethyl adjacent to an activating group) is 1. The molecule has 0 aliphatic carbocycles. The summed E-state index contributed by atoms with van der Waals surface area (Å²) < 4.78 is 4.76. The van der Waals surface area contributed by atoms with Gasteiger partial charge in [-0.25, -0.2) is 5.01 Å². The quantitative estimate of drug-likeness (QED) is 0.616. The molecule has 1 amide bonds. The van der Waals surface area contributed by atoms with E-state index in [4.69, 9.17) is 4.74 Å². The fraction of sp³-hybridized carbons (Fsp3) is 0.400. The number of carbonyl (C=O) groups is 3. The highest BCUT2D eigenvalue weighted by Gasteiger charge is 2.35. The van der Waals surface area contributed by atoms with Crippen molar-refractivity contribution in [2.24, 2.45) is 0 Å². The SMILES string of the molecule is COC(=O)C1CCCN(C(=O)c2ccccc2C=O)N1C. The van der Waals surface area contributed by atoms with Gasteiger partial charge in [0.25, 0.3) is 5.91 Å². The minimum absolute atomic E-state index is 0.284. The Morgan fingerprint density at radius 2 is 2.05 bits per heavy atom. The Balaban J connectivity index is 2.26. The first kappa shape index (κ1) is 15.2.